The van der Waals surface area contributed by atoms with E-state index in [1.165, 1.54) is 32.1 Å². The molecule has 1 aliphatic rings. The molecule has 0 aromatic carbocycles. The van der Waals surface area contributed by atoms with E-state index in [0.717, 1.165) is 19.6 Å². The summed E-state index contributed by atoms with van der Waals surface area (Å²) in [6.45, 7) is 12.3. The number of nitrogens with zero attached hydrogens (tertiary/aromatic N) is 1. The van der Waals surface area contributed by atoms with E-state index in [-0.39, 0.29) is 12.0 Å². The van der Waals surface area contributed by atoms with Crippen LogP contribution in [0.15, 0.2) is 0 Å². The summed E-state index contributed by atoms with van der Waals surface area (Å²) in [7, 11) is 0. The third kappa shape index (κ3) is 6.73. The second-order valence-electron chi connectivity index (χ2n) is 7.19. The molecule has 3 nitrogen and oxygen atoms in total. The van der Waals surface area contributed by atoms with Crippen molar-refractivity contribution in [3.05, 3.63) is 0 Å². The molecule has 19 heavy (non-hydrogen) atoms. The Morgan fingerprint density at radius 3 is 2.37 bits per heavy atom. The van der Waals surface area contributed by atoms with Crippen molar-refractivity contribution in [2.24, 2.45) is 5.41 Å². The molecule has 0 aromatic heterocycles. The minimum Gasteiger partial charge on any atom is -0.395 e. The summed E-state index contributed by atoms with van der Waals surface area (Å²) in [5.41, 5.74) is 0.261. The first kappa shape index (κ1) is 16.9. The van der Waals surface area contributed by atoms with Gasteiger partial charge in [0.15, 0.2) is 0 Å². The fourth-order valence-electron chi connectivity index (χ4n) is 3.05. The summed E-state index contributed by atoms with van der Waals surface area (Å²) in [6, 6.07) is 1.24. The standard InChI is InChI=1S/C16H34N2O/c1-14(2)17-12-16(3,4)13-18(10-11-19)15-8-6-5-7-9-15/h14-15,17,19H,5-13H2,1-4H3. The second-order valence-corrected chi connectivity index (χ2v) is 7.19. The highest BCUT2D eigenvalue weighted by Gasteiger charge is 2.27. The van der Waals surface area contributed by atoms with Crippen molar-refractivity contribution >= 4 is 0 Å². The van der Waals surface area contributed by atoms with Crippen LogP contribution in [0.2, 0.25) is 0 Å². The average molecular weight is 270 g/mol. The maximum absolute atomic E-state index is 9.32. The summed E-state index contributed by atoms with van der Waals surface area (Å²) in [4.78, 5) is 2.53. The van der Waals surface area contributed by atoms with E-state index < -0.39 is 0 Å². The van der Waals surface area contributed by atoms with Gasteiger partial charge in [-0.3, -0.25) is 4.90 Å². The van der Waals surface area contributed by atoms with Gasteiger partial charge in [0.25, 0.3) is 0 Å². The lowest BCUT2D eigenvalue weighted by Crippen LogP contribution is -2.47. The first-order chi connectivity index (χ1) is 8.94. The van der Waals surface area contributed by atoms with Gasteiger partial charge in [0.2, 0.25) is 0 Å². The molecule has 1 rings (SSSR count). The highest BCUT2D eigenvalue weighted by atomic mass is 16.3. The largest absolute Gasteiger partial charge is 0.395 e. The van der Waals surface area contributed by atoms with E-state index in [9.17, 15) is 5.11 Å². The molecule has 0 amide bonds. The maximum Gasteiger partial charge on any atom is 0.0558 e. The summed E-state index contributed by atoms with van der Waals surface area (Å²) in [6.07, 6.45) is 6.73. The first-order valence-electron chi connectivity index (χ1n) is 8.03. The topological polar surface area (TPSA) is 35.5 Å². The van der Waals surface area contributed by atoms with E-state index in [1.54, 1.807) is 0 Å². The van der Waals surface area contributed by atoms with E-state index in [0.29, 0.717) is 12.1 Å². The van der Waals surface area contributed by atoms with Crippen LogP contribution in [0.3, 0.4) is 0 Å². The molecule has 0 saturated heterocycles. The molecule has 0 unspecified atom stereocenters. The van der Waals surface area contributed by atoms with Crippen LogP contribution >= 0.6 is 0 Å². The van der Waals surface area contributed by atoms with Crippen LogP contribution in [0, 0.1) is 5.41 Å². The first-order valence-corrected chi connectivity index (χ1v) is 8.03. The zero-order valence-corrected chi connectivity index (χ0v) is 13.4. The van der Waals surface area contributed by atoms with Crippen LogP contribution in [0.5, 0.6) is 0 Å². The van der Waals surface area contributed by atoms with Crippen LogP contribution in [0.1, 0.15) is 59.8 Å². The predicted octanol–water partition coefficient (Wildman–Crippen LogP) is 2.64. The van der Waals surface area contributed by atoms with Crippen molar-refractivity contribution in [2.45, 2.75) is 71.9 Å². The van der Waals surface area contributed by atoms with Gasteiger partial charge in [-0.1, -0.05) is 47.0 Å². The van der Waals surface area contributed by atoms with Crippen molar-refractivity contribution in [3.8, 4) is 0 Å². The van der Waals surface area contributed by atoms with Gasteiger partial charge in [0, 0.05) is 31.7 Å². The fourth-order valence-corrected chi connectivity index (χ4v) is 3.05. The third-order valence-corrected chi connectivity index (χ3v) is 4.10. The minimum atomic E-state index is 0.261. The van der Waals surface area contributed by atoms with E-state index in [1.807, 2.05) is 0 Å². The lowest BCUT2D eigenvalue weighted by atomic mass is 9.88. The molecule has 1 fully saturated rings. The Morgan fingerprint density at radius 1 is 1.21 bits per heavy atom. The molecule has 0 spiro atoms. The fraction of sp³-hybridized carbons (Fsp3) is 1.00. The molecular formula is C16H34N2O. The Kier molecular flexibility index (Phi) is 7.33. The molecule has 0 aliphatic heterocycles. The highest BCUT2D eigenvalue weighted by molar-refractivity contribution is 4.82. The molecule has 1 saturated carbocycles. The maximum atomic E-state index is 9.32. The number of aliphatic hydroxyl groups is 1. The Hall–Kier alpha value is -0.120. The zero-order chi connectivity index (χ0) is 14.3. The summed E-state index contributed by atoms with van der Waals surface area (Å²) in [5, 5.41) is 12.9. The van der Waals surface area contributed by atoms with Crippen molar-refractivity contribution in [1.29, 1.82) is 0 Å². The van der Waals surface area contributed by atoms with Crippen LogP contribution in [-0.2, 0) is 0 Å². The van der Waals surface area contributed by atoms with Crippen molar-refractivity contribution in [3.63, 3.8) is 0 Å². The number of hydrogen-bond donors (Lipinski definition) is 2. The molecule has 0 heterocycles. The van der Waals surface area contributed by atoms with E-state index >= 15 is 0 Å². The Bertz CT molecular complexity index is 235. The van der Waals surface area contributed by atoms with E-state index in [2.05, 4.69) is 37.9 Å². The lowest BCUT2D eigenvalue weighted by Gasteiger charge is -2.39. The van der Waals surface area contributed by atoms with Gasteiger partial charge in [-0.2, -0.15) is 0 Å². The van der Waals surface area contributed by atoms with Crippen molar-refractivity contribution in [2.75, 3.05) is 26.2 Å². The molecule has 1 aliphatic carbocycles. The normalized spacial score (nSPS) is 18.5. The van der Waals surface area contributed by atoms with E-state index in [4.69, 9.17) is 0 Å². The SMILES string of the molecule is CC(C)NCC(C)(C)CN(CCO)C1CCCCC1. The lowest BCUT2D eigenvalue weighted by molar-refractivity contribution is 0.0818. The van der Waals surface area contributed by atoms with Crippen LogP contribution in [-0.4, -0.2) is 48.3 Å². The van der Waals surface area contributed by atoms with Crippen LogP contribution < -0.4 is 5.32 Å². The van der Waals surface area contributed by atoms with Crippen molar-refractivity contribution in [1.82, 2.24) is 10.2 Å². The van der Waals surface area contributed by atoms with Gasteiger partial charge in [-0.15, -0.1) is 0 Å². The summed E-state index contributed by atoms with van der Waals surface area (Å²) < 4.78 is 0. The molecular weight excluding hydrogens is 236 g/mol. The molecule has 0 aromatic rings. The second kappa shape index (κ2) is 8.23. The Morgan fingerprint density at radius 2 is 1.84 bits per heavy atom. The highest BCUT2D eigenvalue weighted by Crippen LogP contribution is 2.26. The van der Waals surface area contributed by atoms with Gasteiger partial charge in [0.1, 0.15) is 0 Å². The van der Waals surface area contributed by atoms with Gasteiger partial charge in [0.05, 0.1) is 6.61 Å². The van der Waals surface area contributed by atoms with Crippen LogP contribution in [0.25, 0.3) is 0 Å². The molecule has 114 valence electrons. The number of aliphatic hydroxyl groups excluding tert-OH is 1. The van der Waals surface area contributed by atoms with Crippen LogP contribution in [0.4, 0.5) is 0 Å². The molecule has 2 N–H and O–H groups in total. The van der Waals surface area contributed by atoms with Gasteiger partial charge in [-0.25, -0.2) is 0 Å². The average Bonchev–Trinajstić information content (AvgIpc) is 2.37. The summed E-state index contributed by atoms with van der Waals surface area (Å²) in [5.74, 6) is 0. The number of hydrogen-bond acceptors (Lipinski definition) is 3. The van der Waals surface area contributed by atoms with Gasteiger partial charge in [-0.05, 0) is 18.3 Å². The number of nitrogens with one attached hydrogen (secondary N) is 1. The summed E-state index contributed by atoms with van der Waals surface area (Å²) >= 11 is 0. The monoisotopic (exact) mass is 270 g/mol. The quantitative estimate of drug-likeness (QED) is 0.712. The molecule has 0 atom stereocenters. The minimum absolute atomic E-state index is 0.261. The Labute approximate surface area is 119 Å². The molecule has 0 bridgehead atoms. The third-order valence-electron chi connectivity index (χ3n) is 4.10. The zero-order valence-electron chi connectivity index (χ0n) is 13.4. The number of rotatable bonds is 8. The Balaban J connectivity index is 2.50. The van der Waals surface area contributed by atoms with Gasteiger partial charge >= 0.3 is 0 Å². The molecule has 0 radical (unpaired) electrons. The predicted molar refractivity (Wildman–Crippen MR) is 82.5 cm³/mol. The van der Waals surface area contributed by atoms with Crippen molar-refractivity contribution < 1.29 is 5.11 Å². The van der Waals surface area contributed by atoms with Gasteiger partial charge < -0.3 is 10.4 Å². The molecule has 3 heteroatoms. The smallest absolute Gasteiger partial charge is 0.0558 e.